The number of hydrogen-bond acceptors (Lipinski definition) is 5. The molecule has 160 valence electrons. The van der Waals surface area contributed by atoms with E-state index in [0.29, 0.717) is 5.25 Å². The largest absolute Gasteiger partial charge is 0.378 e. The van der Waals surface area contributed by atoms with Gasteiger partial charge in [-0.25, -0.2) is 0 Å². The monoisotopic (exact) mass is 431 g/mol. The number of thioether (sulfide) groups is 1. The van der Waals surface area contributed by atoms with Crippen LogP contribution < -0.4 is 4.90 Å². The fraction of sp³-hybridized carbons (Fsp3) is 0.360. The molecule has 3 aromatic rings. The van der Waals surface area contributed by atoms with Gasteiger partial charge in [0.05, 0.1) is 11.7 Å². The Kier molecular flexibility index (Phi) is 5.05. The number of pyridine rings is 1. The first-order valence-corrected chi connectivity index (χ1v) is 11.7. The number of nitrogens with zero attached hydrogens (tertiary/aromatic N) is 5. The van der Waals surface area contributed by atoms with Crippen molar-refractivity contribution >= 4 is 22.6 Å². The minimum Gasteiger partial charge on any atom is -0.378 e. The molecule has 0 spiro atoms. The molecule has 0 radical (unpaired) electrons. The van der Waals surface area contributed by atoms with Crippen molar-refractivity contribution in [3.05, 3.63) is 77.4 Å². The smallest absolute Gasteiger partial charge is 0.160 e. The van der Waals surface area contributed by atoms with Crippen LogP contribution in [0.2, 0.25) is 0 Å². The van der Waals surface area contributed by atoms with E-state index in [4.69, 9.17) is 4.99 Å². The molecule has 31 heavy (non-hydrogen) atoms. The fourth-order valence-electron chi connectivity index (χ4n) is 4.84. The van der Waals surface area contributed by atoms with E-state index >= 15 is 0 Å². The molecule has 3 unspecified atom stereocenters. The number of hydrogen-bond donors (Lipinski definition) is 0. The number of amidine groups is 1. The molecule has 2 aliphatic rings. The molecule has 1 saturated heterocycles. The maximum atomic E-state index is 5.14. The molecule has 0 saturated carbocycles. The van der Waals surface area contributed by atoms with Crippen LogP contribution >= 0.6 is 11.8 Å². The maximum Gasteiger partial charge on any atom is 0.160 e. The molecular weight excluding hydrogens is 402 g/mol. The number of aliphatic imine (C=N–C) groups is 1. The van der Waals surface area contributed by atoms with Crippen LogP contribution in [-0.2, 0) is 0 Å². The second-order valence-electron chi connectivity index (χ2n) is 8.71. The molecule has 5 rings (SSSR count). The summed E-state index contributed by atoms with van der Waals surface area (Å²) in [5.41, 5.74) is 7.32. The molecule has 5 nitrogen and oxygen atoms in total. The Hall–Kier alpha value is -2.73. The lowest BCUT2D eigenvalue weighted by atomic mass is 9.96. The molecule has 4 heterocycles. The predicted molar refractivity (Wildman–Crippen MR) is 130 cm³/mol. The van der Waals surface area contributed by atoms with E-state index in [2.05, 4.69) is 96.7 Å². The van der Waals surface area contributed by atoms with Crippen LogP contribution in [0.25, 0.3) is 5.69 Å². The Morgan fingerprint density at radius 2 is 1.84 bits per heavy atom. The van der Waals surface area contributed by atoms with Gasteiger partial charge in [0.2, 0.25) is 0 Å². The second kappa shape index (κ2) is 7.75. The van der Waals surface area contributed by atoms with Crippen LogP contribution in [0.3, 0.4) is 0 Å². The molecule has 0 amide bonds. The standard InChI is InChI=1S/C25H29N5S/c1-16-14-21(18(3)30(16)20-11-9-19(10-12-20)28(4)5)24-23(22-8-6-7-13-26-22)27-25-29(24)15-17(2)31-25/h6-14,17,23-24H,15H2,1-5H3. The summed E-state index contributed by atoms with van der Waals surface area (Å²) >= 11 is 1.89. The highest BCUT2D eigenvalue weighted by atomic mass is 32.2. The van der Waals surface area contributed by atoms with Crippen molar-refractivity contribution < 1.29 is 0 Å². The third-order valence-corrected chi connectivity index (χ3v) is 7.40. The van der Waals surface area contributed by atoms with Crippen molar-refractivity contribution in [2.45, 2.75) is 38.1 Å². The Morgan fingerprint density at radius 3 is 2.52 bits per heavy atom. The number of aromatic nitrogens is 2. The molecule has 3 atom stereocenters. The van der Waals surface area contributed by atoms with Crippen LogP contribution in [0.1, 0.15) is 41.7 Å². The van der Waals surface area contributed by atoms with E-state index in [9.17, 15) is 0 Å². The minimum absolute atomic E-state index is 0.0290. The Labute approximate surface area is 188 Å². The van der Waals surface area contributed by atoms with Gasteiger partial charge < -0.3 is 14.4 Å². The average Bonchev–Trinajstić information content (AvgIpc) is 3.38. The van der Waals surface area contributed by atoms with Gasteiger partial charge in [0, 0.05) is 54.8 Å². The summed E-state index contributed by atoms with van der Waals surface area (Å²) in [5.74, 6) is 0. The molecule has 1 aromatic carbocycles. The number of benzene rings is 1. The maximum absolute atomic E-state index is 5.14. The van der Waals surface area contributed by atoms with Crippen LogP contribution in [0.4, 0.5) is 5.69 Å². The van der Waals surface area contributed by atoms with Gasteiger partial charge in [0.15, 0.2) is 5.17 Å². The van der Waals surface area contributed by atoms with Crippen molar-refractivity contribution in [1.82, 2.24) is 14.5 Å². The van der Waals surface area contributed by atoms with Gasteiger partial charge in [-0.1, -0.05) is 24.8 Å². The topological polar surface area (TPSA) is 36.7 Å². The molecule has 0 N–H and O–H groups in total. The average molecular weight is 432 g/mol. The molecule has 2 aromatic heterocycles. The lowest BCUT2D eigenvalue weighted by Crippen LogP contribution is -2.28. The lowest BCUT2D eigenvalue weighted by Gasteiger charge is -2.27. The van der Waals surface area contributed by atoms with E-state index in [1.165, 1.54) is 28.3 Å². The first-order valence-electron chi connectivity index (χ1n) is 10.8. The van der Waals surface area contributed by atoms with Gasteiger partial charge in [0.1, 0.15) is 6.04 Å². The van der Waals surface area contributed by atoms with Crippen molar-refractivity contribution in [3.63, 3.8) is 0 Å². The SMILES string of the molecule is Cc1cc(C2C(c3ccccn3)N=C3SC(C)CN32)c(C)n1-c1ccc(N(C)C)cc1. The zero-order valence-corrected chi connectivity index (χ0v) is 19.6. The zero-order valence-electron chi connectivity index (χ0n) is 18.8. The number of fused-ring (bicyclic) bond motifs is 1. The van der Waals surface area contributed by atoms with Crippen LogP contribution in [0, 0.1) is 13.8 Å². The predicted octanol–water partition coefficient (Wildman–Crippen LogP) is 5.14. The van der Waals surface area contributed by atoms with E-state index in [-0.39, 0.29) is 12.1 Å². The first-order chi connectivity index (χ1) is 14.9. The molecule has 6 heteroatoms. The Balaban J connectivity index is 1.58. The third kappa shape index (κ3) is 3.43. The van der Waals surface area contributed by atoms with Crippen molar-refractivity contribution in [1.29, 1.82) is 0 Å². The summed E-state index contributed by atoms with van der Waals surface area (Å²) in [6.45, 7) is 7.75. The summed E-state index contributed by atoms with van der Waals surface area (Å²) < 4.78 is 2.37. The van der Waals surface area contributed by atoms with Crippen molar-refractivity contribution in [2.24, 2.45) is 4.99 Å². The first kappa shape index (κ1) is 20.2. The Morgan fingerprint density at radius 1 is 1.06 bits per heavy atom. The van der Waals surface area contributed by atoms with E-state index in [1.807, 2.05) is 24.0 Å². The molecule has 1 fully saturated rings. The van der Waals surface area contributed by atoms with Crippen molar-refractivity contribution in [3.8, 4) is 5.69 Å². The normalized spacial score (nSPS) is 22.5. The van der Waals surface area contributed by atoms with Crippen LogP contribution in [-0.4, -0.2) is 45.5 Å². The van der Waals surface area contributed by atoms with Crippen LogP contribution in [0.5, 0.6) is 0 Å². The third-order valence-electron chi connectivity index (χ3n) is 6.29. The van der Waals surface area contributed by atoms with Crippen LogP contribution in [0.15, 0.2) is 59.7 Å². The highest BCUT2D eigenvalue weighted by Crippen LogP contribution is 2.48. The second-order valence-corrected chi connectivity index (χ2v) is 10.1. The summed E-state index contributed by atoms with van der Waals surface area (Å²) in [6.07, 6.45) is 1.88. The van der Waals surface area contributed by atoms with Gasteiger partial charge in [-0.3, -0.25) is 9.98 Å². The van der Waals surface area contributed by atoms with E-state index in [0.717, 1.165) is 17.4 Å². The summed E-state index contributed by atoms with van der Waals surface area (Å²) in [7, 11) is 4.15. The summed E-state index contributed by atoms with van der Waals surface area (Å²) in [5, 5.41) is 1.72. The molecule has 0 aliphatic carbocycles. The molecule has 2 aliphatic heterocycles. The number of anilines is 1. The Bertz CT molecular complexity index is 1120. The van der Waals surface area contributed by atoms with E-state index in [1.54, 1.807) is 0 Å². The van der Waals surface area contributed by atoms with Gasteiger partial charge in [-0.2, -0.15) is 0 Å². The minimum atomic E-state index is 0.0290. The molecular formula is C25H29N5S. The molecule has 0 bridgehead atoms. The van der Waals surface area contributed by atoms with Gasteiger partial charge in [0.25, 0.3) is 0 Å². The van der Waals surface area contributed by atoms with Crippen molar-refractivity contribution in [2.75, 3.05) is 25.5 Å². The zero-order chi connectivity index (χ0) is 21.7. The van der Waals surface area contributed by atoms with E-state index < -0.39 is 0 Å². The number of aryl methyl sites for hydroxylation is 1. The summed E-state index contributed by atoms with van der Waals surface area (Å²) in [4.78, 5) is 14.4. The quantitative estimate of drug-likeness (QED) is 0.573. The highest BCUT2D eigenvalue weighted by molar-refractivity contribution is 8.14. The van der Waals surface area contributed by atoms with Gasteiger partial charge in [-0.05, 0) is 61.9 Å². The van der Waals surface area contributed by atoms with Gasteiger partial charge >= 0.3 is 0 Å². The lowest BCUT2D eigenvalue weighted by molar-refractivity contribution is 0.320. The van der Waals surface area contributed by atoms with Gasteiger partial charge in [-0.15, -0.1) is 0 Å². The number of rotatable bonds is 4. The summed E-state index contributed by atoms with van der Waals surface area (Å²) in [6, 6.07) is 17.5. The fourth-order valence-corrected chi connectivity index (χ4v) is 5.93. The highest BCUT2D eigenvalue weighted by Gasteiger charge is 2.44.